The summed E-state index contributed by atoms with van der Waals surface area (Å²) in [5.74, 6) is -0.0728. The van der Waals surface area contributed by atoms with Gasteiger partial charge >= 0.3 is 0 Å². The molecular formula is C23H24N2O4S. The van der Waals surface area contributed by atoms with Crippen LogP contribution in [0.15, 0.2) is 71.6 Å². The van der Waals surface area contributed by atoms with E-state index in [-0.39, 0.29) is 10.8 Å². The zero-order chi connectivity index (χ0) is 21.0. The fraction of sp³-hybridized carbons (Fsp3) is 0.261. The fourth-order valence-corrected chi connectivity index (χ4v) is 4.98. The maximum absolute atomic E-state index is 12.7. The van der Waals surface area contributed by atoms with Crippen LogP contribution in [0.25, 0.3) is 10.8 Å². The molecule has 0 saturated carbocycles. The van der Waals surface area contributed by atoms with Crippen molar-refractivity contribution in [2.75, 3.05) is 31.6 Å². The molecule has 0 unspecified atom stereocenters. The maximum Gasteiger partial charge on any atom is 0.243 e. The van der Waals surface area contributed by atoms with Crippen LogP contribution in [0.1, 0.15) is 12.0 Å². The Balaban J connectivity index is 1.37. The number of sulfonamides is 1. The topological polar surface area (TPSA) is 75.7 Å². The molecule has 1 amide bonds. The van der Waals surface area contributed by atoms with E-state index in [2.05, 4.69) is 5.32 Å². The van der Waals surface area contributed by atoms with Crippen LogP contribution in [0.3, 0.4) is 0 Å². The molecule has 0 aliphatic carbocycles. The lowest BCUT2D eigenvalue weighted by molar-refractivity contribution is -0.116. The first-order valence-corrected chi connectivity index (χ1v) is 11.4. The summed E-state index contributed by atoms with van der Waals surface area (Å²) in [4.78, 5) is 12.7. The number of anilines is 1. The second kappa shape index (κ2) is 8.95. The summed E-state index contributed by atoms with van der Waals surface area (Å²) >= 11 is 0. The van der Waals surface area contributed by atoms with E-state index in [4.69, 9.17) is 4.74 Å². The third-order valence-electron chi connectivity index (χ3n) is 5.24. The highest BCUT2D eigenvalue weighted by atomic mass is 32.2. The number of ether oxygens (including phenoxy) is 1. The lowest BCUT2D eigenvalue weighted by atomic mass is 10.1. The molecule has 7 heteroatoms. The lowest BCUT2D eigenvalue weighted by Gasteiger charge is -2.26. The standard InChI is InChI=1S/C23H24N2O4S/c26-23(24-22-7-3-5-19-4-1-2-6-21(19)22)13-10-18-8-11-20(12-9-18)30(27,28)25-14-16-29-17-15-25/h1-9,11-12H,10,13-17H2,(H,24,26). The van der Waals surface area contributed by atoms with Crippen molar-refractivity contribution in [1.82, 2.24) is 4.31 Å². The Kier molecular flexibility index (Phi) is 6.13. The molecule has 1 N–H and O–H groups in total. The predicted molar refractivity (Wildman–Crippen MR) is 117 cm³/mol. The first-order chi connectivity index (χ1) is 14.5. The number of aryl methyl sites for hydroxylation is 1. The van der Waals surface area contributed by atoms with Crippen LogP contribution in [-0.2, 0) is 26.0 Å². The van der Waals surface area contributed by atoms with Gasteiger partial charge in [0.2, 0.25) is 15.9 Å². The van der Waals surface area contributed by atoms with E-state index in [9.17, 15) is 13.2 Å². The Hall–Kier alpha value is -2.74. The monoisotopic (exact) mass is 424 g/mol. The van der Waals surface area contributed by atoms with Gasteiger partial charge in [0.1, 0.15) is 0 Å². The zero-order valence-electron chi connectivity index (χ0n) is 16.6. The minimum absolute atomic E-state index is 0.0728. The van der Waals surface area contributed by atoms with E-state index in [1.807, 2.05) is 42.5 Å². The van der Waals surface area contributed by atoms with Gasteiger partial charge in [0.25, 0.3) is 0 Å². The highest BCUT2D eigenvalue weighted by Crippen LogP contribution is 2.23. The van der Waals surface area contributed by atoms with Gasteiger partial charge in [-0.3, -0.25) is 4.79 Å². The lowest BCUT2D eigenvalue weighted by Crippen LogP contribution is -2.40. The fourth-order valence-electron chi connectivity index (χ4n) is 3.57. The summed E-state index contributed by atoms with van der Waals surface area (Å²) in [5.41, 5.74) is 1.72. The van der Waals surface area contributed by atoms with Crippen molar-refractivity contribution < 1.29 is 17.9 Å². The minimum atomic E-state index is -3.50. The molecule has 0 radical (unpaired) electrons. The van der Waals surface area contributed by atoms with Crippen LogP contribution >= 0.6 is 0 Å². The van der Waals surface area contributed by atoms with Crippen molar-refractivity contribution in [1.29, 1.82) is 0 Å². The normalized spacial score (nSPS) is 15.2. The molecule has 156 valence electrons. The number of nitrogens with zero attached hydrogens (tertiary/aromatic N) is 1. The molecule has 1 aliphatic heterocycles. The van der Waals surface area contributed by atoms with Gasteiger partial charge in [0.05, 0.1) is 18.1 Å². The number of carbonyl (C=O) groups is 1. The van der Waals surface area contributed by atoms with E-state index in [0.29, 0.717) is 39.1 Å². The van der Waals surface area contributed by atoms with Gasteiger partial charge in [0, 0.05) is 30.6 Å². The number of hydrogen-bond acceptors (Lipinski definition) is 4. The SMILES string of the molecule is O=C(CCc1ccc(S(=O)(=O)N2CCOCC2)cc1)Nc1cccc2ccccc12. The van der Waals surface area contributed by atoms with Crippen molar-refractivity contribution >= 4 is 32.4 Å². The quantitative estimate of drug-likeness (QED) is 0.658. The van der Waals surface area contributed by atoms with Gasteiger partial charge < -0.3 is 10.1 Å². The van der Waals surface area contributed by atoms with Crippen LogP contribution in [0.5, 0.6) is 0 Å². The number of fused-ring (bicyclic) bond motifs is 1. The van der Waals surface area contributed by atoms with Gasteiger partial charge in [-0.25, -0.2) is 8.42 Å². The Morgan fingerprint density at radius 1 is 0.933 bits per heavy atom. The van der Waals surface area contributed by atoms with E-state index < -0.39 is 10.0 Å². The number of amides is 1. The summed E-state index contributed by atoms with van der Waals surface area (Å²) in [7, 11) is -3.50. The molecule has 1 aliphatic rings. The molecule has 6 nitrogen and oxygen atoms in total. The van der Waals surface area contributed by atoms with Crippen molar-refractivity contribution in [2.24, 2.45) is 0 Å². The zero-order valence-corrected chi connectivity index (χ0v) is 17.4. The minimum Gasteiger partial charge on any atom is -0.379 e. The van der Waals surface area contributed by atoms with E-state index in [0.717, 1.165) is 22.0 Å². The number of hydrogen-bond donors (Lipinski definition) is 1. The van der Waals surface area contributed by atoms with Crippen molar-refractivity contribution in [2.45, 2.75) is 17.7 Å². The number of carbonyl (C=O) groups excluding carboxylic acids is 1. The van der Waals surface area contributed by atoms with E-state index >= 15 is 0 Å². The molecule has 0 spiro atoms. The average Bonchev–Trinajstić information content (AvgIpc) is 2.79. The second-order valence-corrected chi connectivity index (χ2v) is 9.17. The van der Waals surface area contributed by atoms with E-state index in [1.54, 1.807) is 24.3 Å². The van der Waals surface area contributed by atoms with Crippen LogP contribution < -0.4 is 5.32 Å². The Bertz CT molecular complexity index is 1130. The summed E-state index contributed by atoms with van der Waals surface area (Å²) < 4.78 is 32.0. The molecule has 1 saturated heterocycles. The summed E-state index contributed by atoms with van der Waals surface area (Å²) in [6, 6.07) is 20.5. The third kappa shape index (κ3) is 4.53. The summed E-state index contributed by atoms with van der Waals surface area (Å²) in [6.45, 7) is 1.59. The van der Waals surface area contributed by atoms with E-state index in [1.165, 1.54) is 4.31 Å². The molecule has 30 heavy (non-hydrogen) atoms. The highest BCUT2D eigenvalue weighted by Gasteiger charge is 2.26. The first-order valence-electron chi connectivity index (χ1n) is 9.98. The summed E-state index contributed by atoms with van der Waals surface area (Å²) in [5, 5.41) is 5.06. The first kappa shape index (κ1) is 20.5. The van der Waals surface area contributed by atoms with Gasteiger partial charge in [-0.2, -0.15) is 4.31 Å². The number of rotatable bonds is 6. The molecule has 0 atom stereocenters. The average molecular weight is 425 g/mol. The number of nitrogens with one attached hydrogen (secondary N) is 1. The predicted octanol–water partition coefficient (Wildman–Crippen LogP) is 3.43. The van der Waals surface area contributed by atoms with Gasteiger partial charge in [-0.15, -0.1) is 0 Å². The van der Waals surface area contributed by atoms with Crippen molar-refractivity contribution in [3.8, 4) is 0 Å². The van der Waals surface area contributed by atoms with Crippen molar-refractivity contribution in [3.05, 3.63) is 72.3 Å². The smallest absolute Gasteiger partial charge is 0.243 e. The molecule has 0 bridgehead atoms. The van der Waals surface area contributed by atoms with Crippen LogP contribution in [0, 0.1) is 0 Å². The van der Waals surface area contributed by atoms with Crippen LogP contribution in [-0.4, -0.2) is 44.9 Å². The number of morpholine rings is 1. The van der Waals surface area contributed by atoms with Crippen LogP contribution in [0.2, 0.25) is 0 Å². The largest absolute Gasteiger partial charge is 0.379 e. The number of benzene rings is 3. The Morgan fingerprint density at radius 2 is 1.63 bits per heavy atom. The highest BCUT2D eigenvalue weighted by molar-refractivity contribution is 7.89. The molecular weight excluding hydrogens is 400 g/mol. The molecule has 3 aromatic carbocycles. The van der Waals surface area contributed by atoms with Gasteiger partial charge in [-0.1, -0.05) is 48.5 Å². The third-order valence-corrected chi connectivity index (χ3v) is 7.15. The van der Waals surface area contributed by atoms with Gasteiger partial charge in [0.15, 0.2) is 0 Å². The molecule has 4 rings (SSSR count). The van der Waals surface area contributed by atoms with Crippen molar-refractivity contribution in [3.63, 3.8) is 0 Å². The Morgan fingerprint density at radius 3 is 2.40 bits per heavy atom. The molecule has 1 heterocycles. The Labute approximate surface area is 176 Å². The van der Waals surface area contributed by atoms with Gasteiger partial charge in [-0.05, 0) is 35.6 Å². The molecule has 1 fully saturated rings. The maximum atomic E-state index is 12.7. The molecule has 0 aromatic heterocycles. The van der Waals surface area contributed by atoms with Crippen LogP contribution in [0.4, 0.5) is 5.69 Å². The summed E-state index contributed by atoms with van der Waals surface area (Å²) in [6.07, 6.45) is 0.854. The molecule has 3 aromatic rings. The second-order valence-electron chi connectivity index (χ2n) is 7.24.